The third-order valence-electron chi connectivity index (χ3n) is 5.31. The molecule has 1 aliphatic rings. The highest BCUT2D eigenvalue weighted by Crippen LogP contribution is 2.24. The molecule has 0 atom stereocenters. The normalized spacial score (nSPS) is 13.5. The second-order valence-corrected chi connectivity index (χ2v) is 8.90. The van der Waals surface area contributed by atoms with E-state index in [0.717, 1.165) is 13.0 Å². The summed E-state index contributed by atoms with van der Waals surface area (Å²) in [6, 6.07) is 14.2. The summed E-state index contributed by atoms with van der Waals surface area (Å²) < 4.78 is 1.72. The quantitative estimate of drug-likeness (QED) is 0.327. The van der Waals surface area contributed by atoms with E-state index in [1.165, 1.54) is 21.6 Å². The van der Waals surface area contributed by atoms with Gasteiger partial charge in [-0.1, -0.05) is 36.0 Å². The van der Waals surface area contributed by atoms with Crippen LogP contribution in [0.4, 0.5) is 0 Å². The molecule has 2 aromatic carbocycles. The molecule has 31 heavy (non-hydrogen) atoms. The Bertz CT molecular complexity index is 1170. The summed E-state index contributed by atoms with van der Waals surface area (Å²) in [7, 11) is 4.16. The first kappa shape index (κ1) is 21.3. The first-order valence-corrected chi connectivity index (χ1v) is 11.3. The predicted molar refractivity (Wildman–Crippen MR) is 121 cm³/mol. The van der Waals surface area contributed by atoms with Gasteiger partial charge in [0.2, 0.25) is 0 Å². The summed E-state index contributed by atoms with van der Waals surface area (Å²) in [5, 5.41) is 1.22. The van der Waals surface area contributed by atoms with Gasteiger partial charge in [-0.05, 0) is 24.3 Å². The molecule has 0 unspecified atom stereocenters. The summed E-state index contributed by atoms with van der Waals surface area (Å²) in [6.45, 7) is 1.79. The monoisotopic (exact) mass is 437 g/mol. The van der Waals surface area contributed by atoms with Crippen molar-refractivity contribution in [1.82, 2.24) is 14.5 Å². The fraction of sp³-hybridized carbons (Fsp3) is 0.304. The largest absolute Gasteiger partial charge is 0.340 e. The van der Waals surface area contributed by atoms with Crippen molar-refractivity contribution in [3.05, 3.63) is 70.0 Å². The van der Waals surface area contributed by atoms with E-state index in [0.29, 0.717) is 39.5 Å². The molecule has 4 rings (SSSR count). The number of benzene rings is 2. The maximum Gasteiger partial charge on any atom is 0.262 e. The van der Waals surface area contributed by atoms with Crippen molar-refractivity contribution >= 4 is 34.5 Å². The Morgan fingerprint density at radius 1 is 0.903 bits per heavy atom. The molecule has 3 aromatic rings. The van der Waals surface area contributed by atoms with Gasteiger partial charge < -0.3 is 4.90 Å². The van der Waals surface area contributed by atoms with Gasteiger partial charge in [0.05, 0.1) is 42.7 Å². The first-order valence-electron chi connectivity index (χ1n) is 10.3. The molecule has 0 fully saturated rings. The fourth-order valence-electron chi connectivity index (χ4n) is 3.72. The van der Waals surface area contributed by atoms with E-state index >= 15 is 0 Å². The Kier molecular flexibility index (Phi) is 6.20. The topological polar surface area (TPSA) is 76.7 Å². The number of nitrogens with zero attached hydrogens (tertiary/aromatic N) is 3. The van der Waals surface area contributed by atoms with Gasteiger partial charge in [0.1, 0.15) is 0 Å². The van der Waals surface area contributed by atoms with E-state index in [1.54, 1.807) is 34.9 Å². The maximum absolute atomic E-state index is 13.1. The highest BCUT2D eigenvalue weighted by atomic mass is 32.2. The number of quaternary nitrogens is 1. The minimum Gasteiger partial charge on any atom is -0.340 e. The molecule has 0 bridgehead atoms. The molecule has 0 aliphatic carbocycles. The highest BCUT2D eigenvalue weighted by molar-refractivity contribution is 7.99. The number of carbonyl (C=O) groups is 2. The van der Waals surface area contributed by atoms with E-state index in [2.05, 4.69) is 14.1 Å². The summed E-state index contributed by atoms with van der Waals surface area (Å²) in [6.07, 6.45) is 0.855. The van der Waals surface area contributed by atoms with Crippen LogP contribution >= 0.6 is 11.8 Å². The summed E-state index contributed by atoms with van der Waals surface area (Å²) >= 11 is 1.40. The molecule has 2 amide bonds. The Labute approximate surface area is 184 Å². The Morgan fingerprint density at radius 3 is 2.23 bits per heavy atom. The summed E-state index contributed by atoms with van der Waals surface area (Å²) in [5.41, 5.74) is 1.50. The van der Waals surface area contributed by atoms with Crippen LogP contribution in [0.2, 0.25) is 0 Å². The second-order valence-electron chi connectivity index (χ2n) is 7.83. The van der Waals surface area contributed by atoms with Crippen LogP contribution in [0.15, 0.2) is 58.5 Å². The predicted octanol–water partition coefficient (Wildman–Crippen LogP) is 1.32. The number of hydrogen-bond donors (Lipinski definition) is 1. The summed E-state index contributed by atoms with van der Waals surface area (Å²) in [4.78, 5) is 45.5. The third kappa shape index (κ3) is 4.26. The fourth-order valence-corrected chi connectivity index (χ4v) is 4.67. The number of para-hydroxylation sites is 1. The SMILES string of the molecule is C[NH+](C)CCCn1c(SCCN2C(=O)c3ccccc3C2=O)nc2ccccc2c1=O. The number of thioether (sulfide) groups is 1. The third-order valence-corrected chi connectivity index (χ3v) is 6.27. The van der Waals surface area contributed by atoms with Crippen LogP contribution in [0.3, 0.4) is 0 Å². The van der Waals surface area contributed by atoms with Gasteiger partial charge >= 0.3 is 0 Å². The van der Waals surface area contributed by atoms with Crippen LogP contribution < -0.4 is 10.5 Å². The van der Waals surface area contributed by atoms with Crippen molar-refractivity contribution in [2.24, 2.45) is 0 Å². The minimum atomic E-state index is -0.265. The molecule has 0 spiro atoms. The van der Waals surface area contributed by atoms with Crippen LogP contribution in [0.25, 0.3) is 10.9 Å². The zero-order valence-corrected chi connectivity index (χ0v) is 18.4. The average Bonchev–Trinajstić information content (AvgIpc) is 3.00. The minimum absolute atomic E-state index is 0.0532. The van der Waals surface area contributed by atoms with Gasteiger partial charge in [-0.25, -0.2) is 4.98 Å². The zero-order chi connectivity index (χ0) is 22.0. The molecular formula is C23H25N4O3S+. The number of hydrogen-bond acceptors (Lipinski definition) is 5. The van der Waals surface area contributed by atoms with E-state index in [1.807, 2.05) is 18.2 Å². The Hall–Kier alpha value is -2.97. The van der Waals surface area contributed by atoms with Crippen molar-refractivity contribution < 1.29 is 14.5 Å². The number of fused-ring (bicyclic) bond motifs is 2. The van der Waals surface area contributed by atoms with Crippen LogP contribution in [0.5, 0.6) is 0 Å². The van der Waals surface area contributed by atoms with E-state index < -0.39 is 0 Å². The van der Waals surface area contributed by atoms with E-state index in [9.17, 15) is 14.4 Å². The molecule has 0 saturated heterocycles. The molecule has 8 heteroatoms. The lowest BCUT2D eigenvalue weighted by molar-refractivity contribution is -0.858. The van der Waals surface area contributed by atoms with Crippen LogP contribution in [0.1, 0.15) is 27.1 Å². The van der Waals surface area contributed by atoms with Gasteiger partial charge in [-0.2, -0.15) is 0 Å². The molecule has 0 radical (unpaired) electrons. The highest BCUT2D eigenvalue weighted by Gasteiger charge is 2.34. The van der Waals surface area contributed by atoms with Crippen LogP contribution in [0, 0.1) is 0 Å². The van der Waals surface area contributed by atoms with Crippen molar-refractivity contribution in [2.75, 3.05) is 32.9 Å². The van der Waals surface area contributed by atoms with Gasteiger partial charge in [0.25, 0.3) is 17.4 Å². The van der Waals surface area contributed by atoms with Gasteiger partial charge in [0, 0.05) is 25.3 Å². The molecule has 1 aliphatic heterocycles. The van der Waals surface area contributed by atoms with Gasteiger partial charge in [-0.3, -0.25) is 23.9 Å². The second kappa shape index (κ2) is 9.03. The lowest BCUT2D eigenvalue weighted by Crippen LogP contribution is -3.05. The van der Waals surface area contributed by atoms with Crippen molar-refractivity contribution in [1.29, 1.82) is 0 Å². The molecule has 2 heterocycles. The smallest absolute Gasteiger partial charge is 0.262 e. The standard InChI is InChI=1S/C23H24N4O3S/c1-25(2)12-7-13-27-22(30)18-10-5-6-11-19(18)24-23(27)31-15-14-26-20(28)16-8-3-4-9-17(16)21(26)29/h3-6,8-11H,7,12-15H2,1-2H3/p+1. The molecule has 160 valence electrons. The number of aromatic nitrogens is 2. The number of imide groups is 1. The lowest BCUT2D eigenvalue weighted by atomic mass is 10.1. The first-order chi connectivity index (χ1) is 15.0. The Balaban J connectivity index is 1.53. The molecule has 1 N–H and O–H groups in total. The molecule has 0 saturated carbocycles. The molecule has 7 nitrogen and oxygen atoms in total. The number of nitrogens with one attached hydrogen (secondary N) is 1. The van der Waals surface area contributed by atoms with Crippen molar-refractivity contribution in [3.8, 4) is 0 Å². The maximum atomic E-state index is 13.1. The van der Waals surface area contributed by atoms with Crippen molar-refractivity contribution in [3.63, 3.8) is 0 Å². The average molecular weight is 438 g/mol. The zero-order valence-electron chi connectivity index (χ0n) is 17.6. The number of rotatable bonds is 8. The van der Waals surface area contributed by atoms with Crippen LogP contribution in [-0.2, 0) is 6.54 Å². The molecular weight excluding hydrogens is 412 g/mol. The molecule has 1 aromatic heterocycles. The summed E-state index contributed by atoms with van der Waals surface area (Å²) in [5.74, 6) is -0.0622. The van der Waals surface area contributed by atoms with E-state index in [-0.39, 0.29) is 23.9 Å². The number of amides is 2. The lowest BCUT2D eigenvalue weighted by Gasteiger charge is -2.16. The van der Waals surface area contributed by atoms with Gasteiger partial charge in [0.15, 0.2) is 5.16 Å². The van der Waals surface area contributed by atoms with Gasteiger partial charge in [-0.15, -0.1) is 0 Å². The van der Waals surface area contributed by atoms with Crippen molar-refractivity contribution in [2.45, 2.75) is 18.1 Å². The van der Waals surface area contributed by atoms with Crippen LogP contribution in [-0.4, -0.2) is 59.2 Å². The van der Waals surface area contributed by atoms with E-state index in [4.69, 9.17) is 4.98 Å². The number of carbonyl (C=O) groups excluding carboxylic acids is 2. The Morgan fingerprint density at radius 2 is 1.55 bits per heavy atom.